The van der Waals surface area contributed by atoms with Crippen molar-refractivity contribution < 1.29 is 14.6 Å². The Hall–Kier alpha value is -1.97. The van der Waals surface area contributed by atoms with Crippen LogP contribution in [0.2, 0.25) is 0 Å². The minimum absolute atomic E-state index is 0.386. The molecular formula is C19H27NO3. The molecule has 0 radical (unpaired) electrons. The molecule has 126 valence electrons. The zero-order valence-electron chi connectivity index (χ0n) is 14.7. The molecule has 0 aromatic heterocycles. The number of nitrogens with zero attached hydrogens (tertiary/aromatic N) is 1. The highest BCUT2D eigenvalue weighted by Gasteiger charge is 2.40. The van der Waals surface area contributed by atoms with E-state index in [2.05, 4.69) is 33.8 Å². The number of carbonyl (C=O) groups is 1. The molecule has 0 amide bonds. The topological polar surface area (TPSA) is 49.8 Å². The summed E-state index contributed by atoms with van der Waals surface area (Å²) in [6.07, 6.45) is 4.64. The van der Waals surface area contributed by atoms with Gasteiger partial charge in [-0.3, -0.25) is 0 Å². The minimum atomic E-state index is -0.781. The highest BCUT2D eigenvalue weighted by molar-refractivity contribution is 5.89. The van der Waals surface area contributed by atoms with Crippen molar-refractivity contribution in [2.45, 2.75) is 58.5 Å². The van der Waals surface area contributed by atoms with Gasteiger partial charge in [-0.15, -0.1) is 0 Å². The number of carboxylic acid groups (broad SMARTS) is 1. The predicted molar refractivity (Wildman–Crippen MR) is 94.2 cm³/mol. The van der Waals surface area contributed by atoms with Gasteiger partial charge in [0.25, 0.3) is 0 Å². The van der Waals surface area contributed by atoms with Gasteiger partial charge in [-0.1, -0.05) is 38.0 Å². The summed E-state index contributed by atoms with van der Waals surface area (Å²) >= 11 is 0. The summed E-state index contributed by atoms with van der Waals surface area (Å²) < 4.78 is 5.56. The highest BCUT2D eigenvalue weighted by Crippen LogP contribution is 2.46. The zero-order valence-corrected chi connectivity index (χ0v) is 14.7. The lowest BCUT2D eigenvalue weighted by molar-refractivity contribution is -0.139. The number of rotatable bonds is 6. The zero-order chi connectivity index (χ0) is 17.2. The average Bonchev–Trinajstić information content (AvgIpc) is 2.48. The number of fused-ring (bicyclic) bond motifs is 1. The van der Waals surface area contributed by atoms with Crippen molar-refractivity contribution in [1.29, 1.82) is 0 Å². The first-order valence-corrected chi connectivity index (χ1v) is 8.22. The average molecular weight is 317 g/mol. The number of ether oxygens (including phenoxy) is 1. The summed E-state index contributed by atoms with van der Waals surface area (Å²) in [7, 11) is 1.64. The maximum absolute atomic E-state index is 12.0. The van der Waals surface area contributed by atoms with Crippen molar-refractivity contribution in [2.24, 2.45) is 0 Å². The third kappa shape index (κ3) is 3.21. The Bertz CT molecular complexity index is 619. The second kappa shape index (κ2) is 6.65. The maximum atomic E-state index is 12.0. The van der Waals surface area contributed by atoms with Crippen molar-refractivity contribution >= 4 is 17.2 Å². The van der Waals surface area contributed by atoms with Gasteiger partial charge in [-0.05, 0) is 38.8 Å². The first-order valence-electron chi connectivity index (χ1n) is 8.22. The summed E-state index contributed by atoms with van der Waals surface area (Å²) in [5.74, 6) is -0.0536. The first kappa shape index (κ1) is 17.4. The lowest BCUT2D eigenvalue weighted by Crippen LogP contribution is -2.54. The van der Waals surface area contributed by atoms with Crippen molar-refractivity contribution in [3.8, 4) is 5.75 Å². The van der Waals surface area contributed by atoms with Gasteiger partial charge in [0.1, 0.15) is 11.8 Å². The molecule has 1 heterocycles. The van der Waals surface area contributed by atoms with Crippen LogP contribution in [-0.4, -0.2) is 29.8 Å². The van der Waals surface area contributed by atoms with E-state index >= 15 is 0 Å². The van der Waals surface area contributed by atoms with Crippen molar-refractivity contribution in [1.82, 2.24) is 0 Å². The fourth-order valence-electron chi connectivity index (χ4n) is 3.54. The van der Waals surface area contributed by atoms with Gasteiger partial charge in [0.2, 0.25) is 0 Å². The maximum Gasteiger partial charge on any atom is 0.326 e. The van der Waals surface area contributed by atoms with Crippen molar-refractivity contribution in [3.05, 3.63) is 29.8 Å². The molecule has 1 aromatic rings. The lowest BCUT2D eigenvalue weighted by Gasteiger charge is -2.46. The normalized spacial score (nSPS) is 17.3. The Balaban J connectivity index is 2.63. The van der Waals surface area contributed by atoms with Gasteiger partial charge >= 0.3 is 5.97 Å². The first-order chi connectivity index (χ1) is 10.8. The van der Waals surface area contributed by atoms with Crippen LogP contribution in [0.4, 0.5) is 5.69 Å². The Labute approximate surface area is 138 Å². The number of aliphatic carboxylic acids is 1. The van der Waals surface area contributed by atoms with Crippen LogP contribution >= 0.6 is 0 Å². The van der Waals surface area contributed by atoms with Crippen LogP contribution in [-0.2, 0) is 4.79 Å². The van der Waals surface area contributed by atoms with E-state index in [9.17, 15) is 9.90 Å². The van der Waals surface area contributed by atoms with Crippen molar-refractivity contribution in [3.63, 3.8) is 0 Å². The van der Waals surface area contributed by atoms with Gasteiger partial charge < -0.3 is 14.7 Å². The van der Waals surface area contributed by atoms with Crippen LogP contribution < -0.4 is 9.64 Å². The van der Waals surface area contributed by atoms with E-state index in [4.69, 9.17) is 4.74 Å². The smallest absolute Gasteiger partial charge is 0.326 e. The molecule has 0 bridgehead atoms. The standard InChI is InChI=1S/C19H27NO3/c1-6-7-10-15(18(21)22)20-17-14(9-8-11-16(17)23-5)13(2)12-19(20,3)4/h8-9,11-12,15H,6-7,10H2,1-5H3,(H,21,22)/t15-/m1/s1. The highest BCUT2D eigenvalue weighted by atomic mass is 16.5. The van der Waals surface area contributed by atoms with Crippen LogP contribution in [0.15, 0.2) is 24.3 Å². The monoisotopic (exact) mass is 317 g/mol. The summed E-state index contributed by atoms with van der Waals surface area (Å²) in [4.78, 5) is 14.0. The molecule has 0 aliphatic carbocycles. The number of para-hydroxylation sites is 1. The molecule has 0 fully saturated rings. The van der Waals surface area contributed by atoms with Gasteiger partial charge in [-0.25, -0.2) is 4.79 Å². The summed E-state index contributed by atoms with van der Waals surface area (Å²) in [6, 6.07) is 5.32. The summed E-state index contributed by atoms with van der Waals surface area (Å²) in [6.45, 7) is 8.28. The molecule has 0 saturated carbocycles. The second-order valence-corrected chi connectivity index (χ2v) is 6.70. The van der Waals surface area contributed by atoms with Crippen LogP contribution in [0.3, 0.4) is 0 Å². The molecule has 1 atom stereocenters. The van der Waals surface area contributed by atoms with Gasteiger partial charge in [0.15, 0.2) is 0 Å². The number of allylic oxidation sites excluding steroid dienone is 1. The van der Waals surface area contributed by atoms with Crippen molar-refractivity contribution in [2.75, 3.05) is 12.0 Å². The molecule has 0 saturated heterocycles. The predicted octanol–water partition coefficient (Wildman–Crippen LogP) is 4.34. The van der Waals surface area contributed by atoms with Crippen LogP contribution in [0.1, 0.15) is 52.5 Å². The molecule has 1 aliphatic rings. The summed E-state index contributed by atoms with van der Waals surface area (Å²) in [5.41, 5.74) is 2.71. The van der Waals surface area contributed by atoms with Crippen LogP contribution in [0.25, 0.3) is 5.57 Å². The molecule has 1 aromatic carbocycles. The number of benzene rings is 1. The third-order valence-electron chi connectivity index (χ3n) is 4.50. The van der Waals surface area contributed by atoms with Crippen LogP contribution in [0.5, 0.6) is 5.75 Å². The van der Waals surface area contributed by atoms with E-state index in [1.807, 2.05) is 23.1 Å². The Kier molecular flexibility index (Phi) is 5.03. The molecule has 1 N–H and O–H groups in total. The second-order valence-electron chi connectivity index (χ2n) is 6.70. The van der Waals surface area contributed by atoms with Gasteiger partial charge in [0, 0.05) is 5.56 Å². The van der Waals surface area contributed by atoms with E-state index in [1.165, 1.54) is 0 Å². The quantitative estimate of drug-likeness (QED) is 0.848. The molecule has 0 unspecified atom stereocenters. The largest absolute Gasteiger partial charge is 0.495 e. The molecule has 23 heavy (non-hydrogen) atoms. The van der Waals surface area contributed by atoms with Gasteiger partial charge in [0.05, 0.1) is 18.3 Å². The van der Waals surface area contributed by atoms with E-state index in [0.29, 0.717) is 6.42 Å². The Morgan fingerprint density at radius 3 is 2.65 bits per heavy atom. The van der Waals surface area contributed by atoms with E-state index in [0.717, 1.165) is 35.4 Å². The molecular weight excluding hydrogens is 290 g/mol. The Morgan fingerprint density at radius 1 is 1.39 bits per heavy atom. The molecule has 4 nitrogen and oxygen atoms in total. The molecule has 0 spiro atoms. The molecule has 4 heteroatoms. The number of hydrogen-bond donors (Lipinski definition) is 1. The number of carboxylic acids is 1. The SMILES string of the molecule is CCCC[C@H](C(=O)O)N1c2c(OC)cccc2C(C)=CC1(C)C. The summed E-state index contributed by atoms with van der Waals surface area (Å²) in [5, 5.41) is 9.84. The van der Waals surface area contributed by atoms with E-state index < -0.39 is 12.0 Å². The minimum Gasteiger partial charge on any atom is -0.495 e. The van der Waals surface area contributed by atoms with Gasteiger partial charge in [-0.2, -0.15) is 0 Å². The van der Waals surface area contributed by atoms with E-state index in [-0.39, 0.29) is 5.54 Å². The van der Waals surface area contributed by atoms with E-state index in [1.54, 1.807) is 7.11 Å². The number of unbranched alkanes of at least 4 members (excludes halogenated alkanes) is 1. The number of hydrogen-bond acceptors (Lipinski definition) is 3. The Morgan fingerprint density at radius 2 is 2.09 bits per heavy atom. The molecule has 2 rings (SSSR count). The molecule has 1 aliphatic heterocycles. The van der Waals surface area contributed by atoms with Crippen LogP contribution in [0, 0.1) is 0 Å². The fraction of sp³-hybridized carbons (Fsp3) is 0.526. The number of anilines is 1. The fourth-order valence-corrected chi connectivity index (χ4v) is 3.54. The lowest BCUT2D eigenvalue weighted by atomic mass is 9.86. The number of methoxy groups -OCH3 is 1. The third-order valence-corrected chi connectivity index (χ3v) is 4.50.